The van der Waals surface area contributed by atoms with Gasteiger partial charge in [0.15, 0.2) is 5.76 Å². The van der Waals surface area contributed by atoms with Gasteiger partial charge < -0.3 is 24.9 Å². The summed E-state index contributed by atoms with van der Waals surface area (Å²) in [4.78, 5) is 40.4. The van der Waals surface area contributed by atoms with E-state index >= 15 is 0 Å². The van der Waals surface area contributed by atoms with Crippen LogP contribution in [0.2, 0.25) is 0 Å². The summed E-state index contributed by atoms with van der Waals surface area (Å²) >= 11 is 0. The average Bonchev–Trinajstić information content (AvgIpc) is 3.14. The van der Waals surface area contributed by atoms with Crippen LogP contribution in [0, 0.1) is 5.41 Å². The lowest BCUT2D eigenvalue weighted by Gasteiger charge is -2.32. The standard InChI is InChI=1S/C17H24N4O4/c1-12(2)19-16(24)21-6-5-20(15(23)13-4-3-7-25-13)10-17(11-21)8-14(22)18-9-17/h3-4,7,12H,5-6,8-11H2,1-2H3,(H,18,22)(H,19,24)/t17-/m0/s1. The van der Waals surface area contributed by atoms with Crippen LogP contribution in [0.5, 0.6) is 0 Å². The first-order valence-corrected chi connectivity index (χ1v) is 8.53. The molecule has 136 valence electrons. The lowest BCUT2D eigenvalue weighted by Crippen LogP contribution is -2.48. The Balaban J connectivity index is 1.81. The number of nitrogens with zero attached hydrogens (tertiary/aromatic N) is 2. The monoisotopic (exact) mass is 348 g/mol. The molecule has 8 heteroatoms. The second kappa shape index (κ2) is 6.78. The lowest BCUT2D eigenvalue weighted by atomic mass is 9.86. The van der Waals surface area contributed by atoms with Crippen molar-refractivity contribution in [2.24, 2.45) is 5.41 Å². The maximum Gasteiger partial charge on any atom is 0.317 e. The van der Waals surface area contributed by atoms with Gasteiger partial charge >= 0.3 is 6.03 Å². The van der Waals surface area contributed by atoms with Gasteiger partial charge in [0.05, 0.1) is 6.26 Å². The number of urea groups is 1. The van der Waals surface area contributed by atoms with Crippen LogP contribution in [0.15, 0.2) is 22.8 Å². The molecule has 0 bridgehead atoms. The topological polar surface area (TPSA) is 94.9 Å². The van der Waals surface area contributed by atoms with Gasteiger partial charge in [-0.3, -0.25) is 9.59 Å². The van der Waals surface area contributed by atoms with Gasteiger partial charge in [-0.2, -0.15) is 0 Å². The molecule has 2 N–H and O–H groups in total. The maximum atomic E-state index is 12.7. The Morgan fingerprint density at radius 1 is 1.28 bits per heavy atom. The van der Waals surface area contributed by atoms with E-state index in [1.54, 1.807) is 21.9 Å². The predicted molar refractivity (Wildman–Crippen MR) is 89.9 cm³/mol. The van der Waals surface area contributed by atoms with E-state index in [4.69, 9.17) is 4.42 Å². The minimum atomic E-state index is -0.468. The Hall–Kier alpha value is -2.51. The molecule has 0 aliphatic carbocycles. The highest BCUT2D eigenvalue weighted by Gasteiger charge is 2.45. The smallest absolute Gasteiger partial charge is 0.317 e. The Bertz CT molecular complexity index is 658. The first-order valence-electron chi connectivity index (χ1n) is 8.53. The van der Waals surface area contributed by atoms with E-state index in [0.717, 1.165) is 0 Å². The van der Waals surface area contributed by atoms with E-state index < -0.39 is 5.41 Å². The van der Waals surface area contributed by atoms with Crippen molar-refractivity contribution in [1.29, 1.82) is 0 Å². The number of amides is 4. The van der Waals surface area contributed by atoms with Gasteiger partial charge in [0.2, 0.25) is 5.91 Å². The Kier molecular flexibility index (Phi) is 4.69. The quantitative estimate of drug-likeness (QED) is 0.821. The molecule has 0 radical (unpaired) electrons. The van der Waals surface area contributed by atoms with Crippen molar-refractivity contribution in [3.63, 3.8) is 0 Å². The van der Waals surface area contributed by atoms with Gasteiger partial charge in [-0.25, -0.2) is 4.79 Å². The summed E-state index contributed by atoms with van der Waals surface area (Å²) in [6.07, 6.45) is 1.77. The molecular weight excluding hydrogens is 324 g/mol. The van der Waals surface area contributed by atoms with Crippen molar-refractivity contribution in [3.05, 3.63) is 24.2 Å². The zero-order chi connectivity index (χ0) is 18.0. The average molecular weight is 348 g/mol. The van der Waals surface area contributed by atoms with Crippen LogP contribution >= 0.6 is 0 Å². The number of hydrogen-bond donors (Lipinski definition) is 2. The normalized spacial score (nSPS) is 23.7. The molecule has 3 rings (SSSR count). The molecular formula is C17H24N4O4. The third-order valence-electron chi connectivity index (χ3n) is 4.61. The van der Waals surface area contributed by atoms with E-state index in [-0.39, 0.29) is 29.6 Å². The first kappa shape index (κ1) is 17.3. The van der Waals surface area contributed by atoms with Crippen molar-refractivity contribution < 1.29 is 18.8 Å². The summed E-state index contributed by atoms with van der Waals surface area (Å²) < 4.78 is 5.22. The van der Waals surface area contributed by atoms with Gasteiger partial charge in [0.25, 0.3) is 5.91 Å². The largest absolute Gasteiger partial charge is 0.459 e. The summed E-state index contributed by atoms with van der Waals surface area (Å²) in [5.74, 6) is 0.0128. The van der Waals surface area contributed by atoms with Crippen LogP contribution in [0.4, 0.5) is 4.79 Å². The van der Waals surface area contributed by atoms with E-state index in [2.05, 4.69) is 10.6 Å². The Morgan fingerprint density at radius 3 is 2.60 bits per heavy atom. The zero-order valence-corrected chi connectivity index (χ0v) is 14.6. The molecule has 3 heterocycles. The summed E-state index contributed by atoms with van der Waals surface area (Å²) in [6, 6.07) is 3.15. The van der Waals surface area contributed by atoms with Crippen LogP contribution in [-0.2, 0) is 4.79 Å². The van der Waals surface area contributed by atoms with Crippen molar-refractivity contribution in [2.75, 3.05) is 32.7 Å². The number of carbonyl (C=O) groups is 3. The third kappa shape index (κ3) is 3.78. The summed E-state index contributed by atoms with van der Waals surface area (Å²) in [6.45, 7) is 5.93. The van der Waals surface area contributed by atoms with Crippen LogP contribution in [0.25, 0.3) is 0 Å². The molecule has 25 heavy (non-hydrogen) atoms. The van der Waals surface area contributed by atoms with Crippen LogP contribution in [0.1, 0.15) is 30.8 Å². The molecule has 1 spiro atoms. The molecule has 8 nitrogen and oxygen atoms in total. The Labute approximate surface area is 146 Å². The van der Waals surface area contributed by atoms with E-state index in [1.807, 2.05) is 13.8 Å². The fraction of sp³-hybridized carbons (Fsp3) is 0.588. The van der Waals surface area contributed by atoms with E-state index in [1.165, 1.54) is 6.26 Å². The van der Waals surface area contributed by atoms with Gasteiger partial charge in [0, 0.05) is 50.6 Å². The molecule has 2 aliphatic rings. The molecule has 2 saturated heterocycles. The SMILES string of the molecule is CC(C)NC(=O)N1CCN(C(=O)c2ccco2)C[C@]2(CNC(=O)C2)C1. The molecule has 2 aliphatic heterocycles. The second-order valence-corrected chi connectivity index (χ2v) is 7.18. The van der Waals surface area contributed by atoms with Crippen LogP contribution < -0.4 is 10.6 Å². The summed E-state index contributed by atoms with van der Waals surface area (Å²) in [5.41, 5.74) is -0.468. The van der Waals surface area contributed by atoms with Crippen molar-refractivity contribution in [1.82, 2.24) is 20.4 Å². The number of furan rings is 1. The number of hydrogen-bond acceptors (Lipinski definition) is 4. The minimum absolute atomic E-state index is 0.0240. The van der Waals surface area contributed by atoms with Gasteiger partial charge in [-0.05, 0) is 26.0 Å². The number of rotatable bonds is 2. The predicted octanol–water partition coefficient (Wildman–Crippen LogP) is 0.662. The van der Waals surface area contributed by atoms with Crippen molar-refractivity contribution in [2.45, 2.75) is 26.3 Å². The molecule has 4 amide bonds. The molecule has 1 aromatic heterocycles. The second-order valence-electron chi connectivity index (χ2n) is 7.18. The van der Waals surface area contributed by atoms with E-state index in [9.17, 15) is 14.4 Å². The molecule has 0 saturated carbocycles. The summed E-state index contributed by atoms with van der Waals surface area (Å²) in [5, 5.41) is 5.73. The highest BCUT2D eigenvalue weighted by atomic mass is 16.3. The fourth-order valence-corrected chi connectivity index (χ4v) is 3.48. The Morgan fingerprint density at radius 2 is 2.00 bits per heavy atom. The summed E-state index contributed by atoms with van der Waals surface area (Å²) in [7, 11) is 0. The molecule has 0 aromatic carbocycles. The fourth-order valence-electron chi connectivity index (χ4n) is 3.48. The number of carbonyl (C=O) groups excluding carboxylic acids is 3. The first-order chi connectivity index (χ1) is 11.9. The van der Waals surface area contributed by atoms with Crippen molar-refractivity contribution >= 4 is 17.8 Å². The zero-order valence-electron chi connectivity index (χ0n) is 14.6. The maximum absolute atomic E-state index is 12.7. The highest BCUT2D eigenvalue weighted by molar-refractivity contribution is 5.91. The van der Waals surface area contributed by atoms with Gasteiger partial charge in [-0.15, -0.1) is 0 Å². The molecule has 1 aromatic rings. The minimum Gasteiger partial charge on any atom is -0.459 e. The molecule has 1 atom stereocenters. The van der Waals surface area contributed by atoms with Gasteiger partial charge in [-0.1, -0.05) is 0 Å². The molecule has 2 fully saturated rings. The van der Waals surface area contributed by atoms with Gasteiger partial charge in [0.1, 0.15) is 0 Å². The number of nitrogens with one attached hydrogen (secondary N) is 2. The highest BCUT2D eigenvalue weighted by Crippen LogP contribution is 2.31. The lowest BCUT2D eigenvalue weighted by molar-refractivity contribution is -0.119. The third-order valence-corrected chi connectivity index (χ3v) is 4.61. The van der Waals surface area contributed by atoms with Crippen molar-refractivity contribution in [3.8, 4) is 0 Å². The van der Waals surface area contributed by atoms with E-state index in [0.29, 0.717) is 39.1 Å². The van der Waals surface area contributed by atoms with Crippen LogP contribution in [0.3, 0.4) is 0 Å². The molecule has 0 unspecified atom stereocenters. The van der Waals surface area contributed by atoms with Crippen LogP contribution in [-0.4, -0.2) is 66.4 Å².